The molecule has 64 heavy (non-hydrogen) atoms. The number of para-hydroxylation sites is 3. The topological polar surface area (TPSA) is 8.17 Å². The molecule has 0 atom stereocenters. The molecule has 0 unspecified atom stereocenters. The second kappa shape index (κ2) is 15.9. The molecule has 1 aliphatic rings. The zero-order valence-corrected chi connectivity index (χ0v) is 35.4. The Bertz CT molecular complexity index is 3610. The Hall–Kier alpha value is -8.20. The quantitative estimate of drug-likeness (QED) is 0.148. The largest absolute Gasteiger partial charge is 0.314 e. The third-order valence-electron chi connectivity index (χ3n) is 13.1. The molecule has 0 saturated heterocycles. The van der Waals surface area contributed by atoms with E-state index in [-0.39, 0.29) is 0 Å². The third kappa shape index (κ3) is 6.60. The predicted octanol–water partition coefficient (Wildman–Crippen LogP) is 17.0. The molecule has 2 heteroatoms. The van der Waals surface area contributed by atoms with Gasteiger partial charge in [-0.2, -0.15) is 0 Å². The molecule has 0 spiro atoms. The highest BCUT2D eigenvalue weighted by molar-refractivity contribution is 6.14. The van der Waals surface area contributed by atoms with Crippen molar-refractivity contribution >= 4 is 60.3 Å². The maximum Gasteiger partial charge on any atom is 0.0547 e. The lowest BCUT2D eigenvalue weighted by Gasteiger charge is -2.32. The first kappa shape index (κ1) is 37.6. The number of nitrogens with zero attached hydrogens (tertiary/aromatic N) is 2. The van der Waals surface area contributed by atoms with Crippen LogP contribution in [-0.4, -0.2) is 4.57 Å². The molecule has 1 aromatic heterocycles. The molecule has 302 valence electrons. The van der Waals surface area contributed by atoms with Gasteiger partial charge in [-0.25, -0.2) is 0 Å². The Morgan fingerprint density at radius 2 is 0.969 bits per heavy atom. The summed E-state index contributed by atoms with van der Waals surface area (Å²) in [5.41, 5.74) is 17.0. The number of hydrogen-bond acceptors (Lipinski definition) is 1. The van der Waals surface area contributed by atoms with Crippen LogP contribution in [0.4, 0.5) is 11.4 Å². The smallest absolute Gasteiger partial charge is 0.0547 e. The average Bonchev–Trinajstić information content (AvgIpc) is 3.69. The van der Waals surface area contributed by atoms with E-state index in [4.69, 9.17) is 0 Å². The molecule has 0 bridgehead atoms. The van der Waals surface area contributed by atoms with Crippen molar-refractivity contribution < 1.29 is 0 Å². The van der Waals surface area contributed by atoms with Gasteiger partial charge in [-0.15, -0.1) is 0 Å². The van der Waals surface area contributed by atoms with E-state index in [1.54, 1.807) is 0 Å². The van der Waals surface area contributed by atoms with Crippen LogP contribution in [0.25, 0.3) is 88.0 Å². The van der Waals surface area contributed by atoms with E-state index in [1.165, 1.54) is 99.3 Å². The summed E-state index contributed by atoms with van der Waals surface area (Å²) in [5.74, 6) is 0. The summed E-state index contributed by atoms with van der Waals surface area (Å²) in [6.45, 7) is 0. The number of rotatable bonds is 8. The van der Waals surface area contributed by atoms with Crippen molar-refractivity contribution in [2.24, 2.45) is 0 Å². The van der Waals surface area contributed by atoms with Gasteiger partial charge in [-0.3, -0.25) is 0 Å². The van der Waals surface area contributed by atoms with Crippen LogP contribution >= 0.6 is 0 Å². The van der Waals surface area contributed by atoms with Crippen LogP contribution in [0.1, 0.15) is 18.4 Å². The highest BCUT2D eigenvalue weighted by Crippen LogP contribution is 2.45. The number of benzene rings is 10. The molecule has 1 aliphatic carbocycles. The lowest BCUT2D eigenvalue weighted by atomic mass is 9.91. The standard InChI is InChI=1S/C62H44N2/c1-3-18-44(19-4-1)53-38-37-52(42-57(53)50-32-31-43-17-7-8-22-47(43)39-50)63(59-28-14-11-25-54(59)45-20-5-2-6-21-45)51-35-33-46(34-36-51)55-26-12-15-29-60(55)64-61-30-16-13-27-56(61)58-40-48-23-9-10-24-49(48)41-62(58)64/h1-33,35,37-42H,34,36H2. The Kier molecular flexibility index (Phi) is 9.34. The molecule has 0 N–H and O–H groups in total. The molecule has 0 aliphatic heterocycles. The van der Waals surface area contributed by atoms with Crippen LogP contribution in [0.3, 0.4) is 0 Å². The van der Waals surface area contributed by atoms with Gasteiger partial charge < -0.3 is 9.47 Å². The van der Waals surface area contributed by atoms with E-state index in [0.29, 0.717) is 0 Å². The molecule has 0 fully saturated rings. The van der Waals surface area contributed by atoms with Crippen LogP contribution in [-0.2, 0) is 0 Å². The SMILES string of the molecule is C1=C(c2ccccc2-n2c3ccccc3c3cc4ccccc4cc32)CCC(N(c2ccc(-c3ccccc3)c(-c3ccc4ccccc4c3)c2)c2ccccc2-c2ccccc2)=C1. The van der Waals surface area contributed by atoms with E-state index >= 15 is 0 Å². The number of hydrogen-bond donors (Lipinski definition) is 0. The van der Waals surface area contributed by atoms with Crippen molar-refractivity contribution in [2.75, 3.05) is 4.90 Å². The first-order valence-corrected chi connectivity index (χ1v) is 22.3. The zero-order chi connectivity index (χ0) is 42.4. The van der Waals surface area contributed by atoms with Crippen LogP contribution < -0.4 is 4.90 Å². The van der Waals surface area contributed by atoms with E-state index in [9.17, 15) is 0 Å². The van der Waals surface area contributed by atoms with Gasteiger partial charge in [-0.05, 0) is 122 Å². The fraction of sp³-hybridized carbons (Fsp3) is 0.0323. The molecule has 11 aromatic rings. The fourth-order valence-electron chi connectivity index (χ4n) is 10.0. The van der Waals surface area contributed by atoms with Crippen molar-refractivity contribution in [3.05, 3.63) is 254 Å². The monoisotopic (exact) mass is 816 g/mol. The van der Waals surface area contributed by atoms with Crippen molar-refractivity contribution in [3.63, 3.8) is 0 Å². The van der Waals surface area contributed by atoms with Gasteiger partial charge >= 0.3 is 0 Å². The summed E-state index contributed by atoms with van der Waals surface area (Å²) in [5, 5.41) is 7.53. The van der Waals surface area contributed by atoms with Crippen molar-refractivity contribution in [3.8, 4) is 39.1 Å². The van der Waals surface area contributed by atoms with E-state index < -0.39 is 0 Å². The predicted molar refractivity (Wildman–Crippen MR) is 272 cm³/mol. The second-order valence-corrected chi connectivity index (χ2v) is 16.8. The Labute approximate surface area is 373 Å². The normalized spacial score (nSPS) is 12.8. The summed E-state index contributed by atoms with van der Waals surface area (Å²) < 4.78 is 2.48. The summed E-state index contributed by atoms with van der Waals surface area (Å²) in [7, 11) is 0. The minimum atomic E-state index is 0.868. The van der Waals surface area contributed by atoms with Crippen molar-refractivity contribution in [1.29, 1.82) is 0 Å². The summed E-state index contributed by atoms with van der Waals surface area (Å²) in [6, 6.07) is 84.3. The lowest BCUT2D eigenvalue weighted by Crippen LogP contribution is -2.19. The van der Waals surface area contributed by atoms with Gasteiger partial charge in [0, 0.05) is 33.3 Å². The number of aromatic nitrogens is 1. The maximum absolute atomic E-state index is 2.51. The molecule has 10 aromatic carbocycles. The first-order valence-electron chi connectivity index (χ1n) is 22.3. The van der Waals surface area contributed by atoms with Gasteiger partial charge in [0.1, 0.15) is 0 Å². The van der Waals surface area contributed by atoms with Gasteiger partial charge in [0.15, 0.2) is 0 Å². The number of anilines is 2. The van der Waals surface area contributed by atoms with Crippen LogP contribution in [0.15, 0.2) is 248 Å². The zero-order valence-electron chi connectivity index (χ0n) is 35.4. The van der Waals surface area contributed by atoms with Crippen molar-refractivity contribution in [1.82, 2.24) is 4.57 Å². The molecule has 1 heterocycles. The van der Waals surface area contributed by atoms with Crippen LogP contribution in [0, 0.1) is 0 Å². The third-order valence-corrected chi connectivity index (χ3v) is 13.1. The molecule has 0 radical (unpaired) electrons. The van der Waals surface area contributed by atoms with Gasteiger partial charge in [-0.1, -0.05) is 188 Å². The number of fused-ring (bicyclic) bond motifs is 5. The van der Waals surface area contributed by atoms with E-state index in [2.05, 4.69) is 252 Å². The minimum absolute atomic E-state index is 0.868. The fourth-order valence-corrected chi connectivity index (χ4v) is 10.0. The van der Waals surface area contributed by atoms with Gasteiger partial charge in [0.2, 0.25) is 0 Å². The highest BCUT2D eigenvalue weighted by Gasteiger charge is 2.24. The molecule has 0 saturated carbocycles. The minimum Gasteiger partial charge on any atom is -0.314 e. The average molecular weight is 817 g/mol. The second-order valence-electron chi connectivity index (χ2n) is 16.8. The van der Waals surface area contributed by atoms with Crippen LogP contribution in [0.5, 0.6) is 0 Å². The van der Waals surface area contributed by atoms with Gasteiger partial charge in [0.05, 0.1) is 22.4 Å². The van der Waals surface area contributed by atoms with Gasteiger partial charge in [0.25, 0.3) is 0 Å². The number of allylic oxidation sites excluding steroid dienone is 4. The Balaban J connectivity index is 1.03. The summed E-state index contributed by atoms with van der Waals surface area (Å²) >= 11 is 0. The summed E-state index contributed by atoms with van der Waals surface area (Å²) in [6.07, 6.45) is 6.51. The highest BCUT2D eigenvalue weighted by atomic mass is 15.2. The lowest BCUT2D eigenvalue weighted by molar-refractivity contribution is 0.929. The first-order chi connectivity index (χ1) is 31.7. The maximum atomic E-state index is 2.51. The van der Waals surface area contributed by atoms with Crippen molar-refractivity contribution in [2.45, 2.75) is 12.8 Å². The molecule has 12 rings (SSSR count). The molecule has 2 nitrogen and oxygen atoms in total. The molecular formula is C62H44N2. The molecule has 0 amide bonds. The Morgan fingerprint density at radius 1 is 0.344 bits per heavy atom. The van der Waals surface area contributed by atoms with E-state index in [1.807, 2.05) is 0 Å². The Morgan fingerprint density at radius 3 is 1.73 bits per heavy atom. The van der Waals surface area contributed by atoms with E-state index in [0.717, 1.165) is 24.2 Å². The molecular weight excluding hydrogens is 773 g/mol. The summed E-state index contributed by atoms with van der Waals surface area (Å²) in [4.78, 5) is 2.51. The van der Waals surface area contributed by atoms with Crippen LogP contribution in [0.2, 0.25) is 0 Å².